The maximum absolute atomic E-state index is 11.2. The smallest absolute Gasteiger partial charge is 0.324 e. The molecule has 0 aromatic rings. The second-order valence-electron chi connectivity index (χ2n) is 2.75. The highest BCUT2D eigenvalue weighted by atomic mass is 16.5. The van der Waals surface area contributed by atoms with Crippen molar-refractivity contribution < 1.29 is 14.3 Å². The van der Waals surface area contributed by atoms with Gasteiger partial charge in [0, 0.05) is 20.2 Å². The van der Waals surface area contributed by atoms with Crippen molar-refractivity contribution in [3.05, 3.63) is 0 Å². The first-order valence-corrected chi connectivity index (χ1v) is 4.14. The quantitative estimate of drug-likeness (QED) is 0.548. The van der Waals surface area contributed by atoms with Crippen LogP contribution in [-0.2, 0) is 14.3 Å². The topological polar surface area (TPSA) is 64.8 Å². The number of hydrogen-bond acceptors (Lipinski definition) is 5. The number of carbonyl (C=O) groups is 1. The van der Waals surface area contributed by atoms with Crippen LogP contribution in [0.25, 0.3) is 0 Å². The lowest BCUT2D eigenvalue weighted by Crippen LogP contribution is -2.45. The molecule has 78 valence electrons. The fourth-order valence-electron chi connectivity index (χ4n) is 0.983. The maximum Gasteiger partial charge on any atom is 0.324 e. The average Bonchev–Trinajstić information content (AvgIpc) is 2.15. The normalized spacial score (nSPS) is 13.0. The minimum Gasteiger partial charge on any atom is -0.468 e. The Morgan fingerprint density at radius 1 is 1.54 bits per heavy atom. The highest BCUT2D eigenvalue weighted by molar-refractivity contribution is 5.75. The van der Waals surface area contributed by atoms with Crippen LogP contribution in [0.2, 0.25) is 0 Å². The van der Waals surface area contributed by atoms with E-state index in [4.69, 9.17) is 10.5 Å². The molecule has 0 aliphatic carbocycles. The van der Waals surface area contributed by atoms with E-state index < -0.39 is 0 Å². The fraction of sp³-hybridized carbons (Fsp3) is 0.875. The van der Waals surface area contributed by atoms with E-state index in [1.807, 2.05) is 11.9 Å². The van der Waals surface area contributed by atoms with Gasteiger partial charge in [-0.25, -0.2) is 0 Å². The molecule has 5 nitrogen and oxygen atoms in total. The van der Waals surface area contributed by atoms with Gasteiger partial charge >= 0.3 is 5.97 Å². The summed E-state index contributed by atoms with van der Waals surface area (Å²) in [6.45, 7) is 1.49. The number of methoxy groups -OCH3 is 2. The van der Waals surface area contributed by atoms with E-state index in [1.165, 1.54) is 7.11 Å². The number of nitrogens with zero attached hydrogens (tertiary/aromatic N) is 1. The number of hydrogen-bond donors (Lipinski definition) is 1. The molecule has 0 aliphatic rings. The highest BCUT2D eigenvalue weighted by Crippen LogP contribution is 1.96. The molecule has 0 saturated carbocycles. The minimum absolute atomic E-state index is 0.257. The van der Waals surface area contributed by atoms with E-state index >= 15 is 0 Å². The first-order valence-electron chi connectivity index (χ1n) is 4.14. The molecule has 0 saturated heterocycles. The van der Waals surface area contributed by atoms with Gasteiger partial charge in [-0.3, -0.25) is 9.69 Å². The van der Waals surface area contributed by atoms with Gasteiger partial charge < -0.3 is 15.2 Å². The number of nitrogens with two attached hydrogens (primary N) is 1. The van der Waals surface area contributed by atoms with Gasteiger partial charge in [0.15, 0.2) is 0 Å². The van der Waals surface area contributed by atoms with Crippen LogP contribution in [0.1, 0.15) is 0 Å². The zero-order chi connectivity index (χ0) is 10.3. The lowest BCUT2D eigenvalue weighted by molar-refractivity contribution is -0.146. The van der Waals surface area contributed by atoms with Gasteiger partial charge in [-0.1, -0.05) is 0 Å². The van der Waals surface area contributed by atoms with Crippen molar-refractivity contribution in [1.29, 1.82) is 0 Å². The SMILES string of the molecule is COCCN(C)C(CN)C(=O)OC. The van der Waals surface area contributed by atoms with E-state index in [-0.39, 0.29) is 18.6 Å². The molecular weight excluding hydrogens is 172 g/mol. The van der Waals surface area contributed by atoms with Crippen molar-refractivity contribution in [2.24, 2.45) is 5.73 Å². The third-order valence-corrected chi connectivity index (χ3v) is 1.88. The summed E-state index contributed by atoms with van der Waals surface area (Å²) < 4.78 is 9.49. The summed E-state index contributed by atoms with van der Waals surface area (Å²) >= 11 is 0. The lowest BCUT2D eigenvalue weighted by Gasteiger charge is -2.23. The standard InChI is InChI=1S/C8H18N2O3/c1-10(4-5-12-2)7(6-9)8(11)13-3/h7H,4-6,9H2,1-3H3. The molecule has 0 heterocycles. The minimum atomic E-state index is -0.375. The molecule has 0 amide bonds. The molecular formula is C8H18N2O3. The average molecular weight is 190 g/mol. The zero-order valence-corrected chi connectivity index (χ0v) is 8.45. The molecule has 13 heavy (non-hydrogen) atoms. The van der Waals surface area contributed by atoms with Crippen LogP contribution in [0, 0.1) is 0 Å². The number of rotatable bonds is 6. The van der Waals surface area contributed by atoms with Crippen LogP contribution >= 0.6 is 0 Å². The van der Waals surface area contributed by atoms with Crippen molar-refractivity contribution in [2.75, 3.05) is 41.0 Å². The second-order valence-corrected chi connectivity index (χ2v) is 2.75. The molecule has 0 fully saturated rings. The van der Waals surface area contributed by atoms with E-state index in [0.717, 1.165) is 0 Å². The van der Waals surface area contributed by atoms with Crippen LogP contribution in [-0.4, -0.2) is 57.9 Å². The molecule has 2 N–H and O–H groups in total. The van der Waals surface area contributed by atoms with Crippen molar-refractivity contribution in [3.8, 4) is 0 Å². The summed E-state index contributed by atoms with van der Waals surface area (Å²) in [6.07, 6.45) is 0. The Bertz CT molecular complexity index is 152. The maximum atomic E-state index is 11.2. The highest BCUT2D eigenvalue weighted by Gasteiger charge is 2.21. The second kappa shape index (κ2) is 6.82. The van der Waals surface area contributed by atoms with Gasteiger partial charge in [-0.15, -0.1) is 0 Å². The third kappa shape index (κ3) is 4.21. The molecule has 1 atom stereocenters. The first kappa shape index (κ1) is 12.3. The molecule has 0 aromatic carbocycles. The van der Waals surface area contributed by atoms with Crippen LogP contribution in [0.5, 0.6) is 0 Å². The largest absolute Gasteiger partial charge is 0.468 e. The predicted molar refractivity (Wildman–Crippen MR) is 49.4 cm³/mol. The molecule has 1 unspecified atom stereocenters. The summed E-state index contributed by atoms with van der Waals surface area (Å²) in [7, 11) is 4.78. The Morgan fingerprint density at radius 2 is 2.15 bits per heavy atom. The van der Waals surface area contributed by atoms with Gasteiger partial charge in [-0.05, 0) is 7.05 Å². The third-order valence-electron chi connectivity index (χ3n) is 1.88. The van der Waals surface area contributed by atoms with Crippen LogP contribution < -0.4 is 5.73 Å². The van der Waals surface area contributed by atoms with Crippen molar-refractivity contribution >= 4 is 5.97 Å². The van der Waals surface area contributed by atoms with Gasteiger partial charge in [0.2, 0.25) is 0 Å². The Hall–Kier alpha value is -0.650. The number of likely N-dealkylation sites (N-methyl/N-ethyl adjacent to an activating group) is 1. The molecule has 0 spiro atoms. The van der Waals surface area contributed by atoms with E-state index in [0.29, 0.717) is 13.2 Å². The number of esters is 1. The van der Waals surface area contributed by atoms with Crippen molar-refractivity contribution in [2.45, 2.75) is 6.04 Å². The number of carbonyl (C=O) groups excluding carboxylic acids is 1. The fourth-order valence-corrected chi connectivity index (χ4v) is 0.983. The summed E-state index contributed by atoms with van der Waals surface area (Å²) in [5.41, 5.74) is 5.44. The number of ether oxygens (including phenoxy) is 2. The zero-order valence-electron chi connectivity index (χ0n) is 8.45. The molecule has 0 radical (unpaired) electrons. The van der Waals surface area contributed by atoms with E-state index in [2.05, 4.69) is 4.74 Å². The monoisotopic (exact) mass is 190 g/mol. The van der Waals surface area contributed by atoms with E-state index in [1.54, 1.807) is 7.11 Å². The summed E-state index contributed by atoms with van der Waals surface area (Å²) in [4.78, 5) is 13.0. The van der Waals surface area contributed by atoms with Crippen LogP contribution in [0.15, 0.2) is 0 Å². The summed E-state index contributed by atoms with van der Waals surface area (Å²) in [5, 5.41) is 0. The molecule has 0 rings (SSSR count). The Morgan fingerprint density at radius 3 is 2.54 bits per heavy atom. The summed E-state index contributed by atoms with van der Waals surface area (Å²) in [6, 6.07) is -0.375. The molecule has 0 aromatic heterocycles. The van der Waals surface area contributed by atoms with Crippen molar-refractivity contribution in [3.63, 3.8) is 0 Å². The molecule has 0 aliphatic heterocycles. The predicted octanol–water partition coefficient (Wildman–Crippen LogP) is -0.935. The van der Waals surface area contributed by atoms with E-state index in [9.17, 15) is 4.79 Å². The van der Waals surface area contributed by atoms with Crippen LogP contribution in [0.4, 0.5) is 0 Å². The van der Waals surface area contributed by atoms with Gasteiger partial charge in [0.05, 0.1) is 13.7 Å². The Labute approximate surface area is 78.8 Å². The Balaban J connectivity index is 3.98. The van der Waals surface area contributed by atoms with Crippen LogP contribution in [0.3, 0.4) is 0 Å². The van der Waals surface area contributed by atoms with Gasteiger partial charge in [0.25, 0.3) is 0 Å². The first-order chi connectivity index (χ1) is 6.17. The summed E-state index contributed by atoms with van der Waals surface area (Å²) in [5.74, 6) is -0.305. The Kier molecular flexibility index (Phi) is 6.48. The van der Waals surface area contributed by atoms with Crippen molar-refractivity contribution in [1.82, 2.24) is 4.90 Å². The lowest BCUT2D eigenvalue weighted by atomic mass is 10.2. The van der Waals surface area contributed by atoms with Gasteiger partial charge in [-0.2, -0.15) is 0 Å². The van der Waals surface area contributed by atoms with Gasteiger partial charge in [0.1, 0.15) is 6.04 Å². The molecule has 0 bridgehead atoms. The molecule has 5 heteroatoms.